The standard InChI is InChI=1S/C11H13ClN2O.ClH/c12-11-2-1-9(5-13-11)15-6-8-3-7-4-10(7)14-8;/h1-2,5,7-8,10,14H,3-4,6H2;1H/t7-,8-,10+;/m0./s1. The average molecular weight is 261 g/mol. The van der Waals surface area contributed by atoms with Crippen molar-refractivity contribution in [3.05, 3.63) is 23.5 Å². The lowest BCUT2D eigenvalue weighted by atomic mass is 10.2. The minimum absolute atomic E-state index is 0. The van der Waals surface area contributed by atoms with Crippen molar-refractivity contribution >= 4 is 24.0 Å². The molecule has 0 bridgehead atoms. The maximum absolute atomic E-state index is 5.68. The summed E-state index contributed by atoms with van der Waals surface area (Å²) in [7, 11) is 0. The molecule has 16 heavy (non-hydrogen) atoms. The summed E-state index contributed by atoms with van der Waals surface area (Å²) in [6.07, 6.45) is 4.28. The molecular weight excluding hydrogens is 247 g/mol. The summed E-state index contributed by atoms with van der Waals surface area (Å²) >= 11 is 5.68. The van der Waals surface area contributed by atoms with Crippen LogP contribution in [0, 0.1) is 5.92 Å². The Morgan fingerprint density at radius 1 is 1.44 bits per heavy atom. The Morgan fingerprint density at radius 2 is 2.31 bits per heavy atom. The number of hydrogen-bond acceptors (Lipinski definition) is 3. The van der Waals surface area contributed by atoms with Crippen LogP contribution in [0.3, 0.4) is 0 Å². The molecular formula is C11H14Cl2N2O. The van der Waals surface area contributed by atoms with Gasteiger partial charge in [0.1, 0.15) is 17.5 Å². The first-order chi connectivity index (χ1) is 7.31. The van der Waals surface area contributed by atoms with Gasteiger partial charge in [-0.1, -0.05) is 11.6 Å². The lowest BCUT2D eigenvalue weighted by Crippen LogP contribution is -2.31. The first-order valence-corrected chi connectivity index (χ1v) is 5.69. The molecule has 5 heteroatoms. The lowest BCUT2D eigenvalue weighted by Gasteiger charge is -2.13. The van der Waals surface area contributed by atoms with Gasteiger partial charge in [0.25, 0.3) is 0 Å². The second-order valence-corrected chi connectivity index (χ2v) is 4.72. The van der Waals surface area contributed by atoms with Gasteiger partial charge in [-0.05, 0) is 30.9 Å². The van der Waals surface area contributed by atoms with Gasteiger partial charge in [-0.3, -0.25) is 0 Å². The summed E-state index contributed by atoms with van der Waals surface area (Å²) in [6, 6.07) is 4.90. The fourth-order valence-corrected chi connectivity index (χ4v) is 2.32. The normalized spacial score (nSPS) is 30.4. The highest BCUT2D eigenvalue weighted by atomic mass is 35.5. The monoisotopic (exact) mass is 260 g/mol. The number of rotatable bonds is 3. The van der Waals surface area contributed by atoms with E-state index in [0.29, 0.717) is 11.2 Å². The van der Waals surface area contributed by atoms with E-state index in [1.54, 1.807) is 12.3 Å². The molecule has 1 aliphatic heterocycles. The van der Waals surface area contributed by atoms with Crippen LogP contribution >= 0.6 is 24.0 Å². The van der Waals surface area contributed by atoms with Gasteiger partial charge in [-0.15, -0.1) is 12.4 Å². The number of pyridine rings is 1. The van der Waals surface area contributed by atoms with Crippen LogP contribution in [0.2, 0.25) is 5.15 Å². The molecule has 0 aromatic carbocycles. The topological polar surface area (TPSA) is 34.1 Å². The highest BCUT2D eigenvalue weighted by Gasteiger charge is 2.45. The number of halogens is 2. The quantitative estimate of drug-likeness (QED) is 0.847. The SMILES string of the molecule is Cl.Clc1ccc(OC[C@@H]2C[C@H]3C[C@H]3N2)cn1. The van der Waals surface area contributed by atoms with E-state index in [1.807, 2.05) is 6.07 Å². The molecule has 3 atom stereocenters. The van der Waals surface area contributed by atoms with Crippen LogP contribution in [-0.2, 0) is 0 Å². The first-order valence-electron chi connectivity index (χ1n) is 5.31. The third kappa shape index (κ3) is 2.59. The molecule has 0 unspecified atom stereocenters. The number of fused-ring (bicyclic) bond motifs is 1. The minimum Gasteiger partial charge on any atom is -0.490 e. The molecule has 1 aliphatic carbocycles. The van der Waals surface area contributed by atoms with Gasteiger partial charge in [0, 0.05) is 12.1 Å². The van der Waals surface area contributed by atoms with Crippen molar-refractivity contribution in [3.8, 4) is 5.75 Å². The van der Waals surface area contributed by atoms with Crippen LogP contribution in [0.5, 0.6) is 5.75 Å². The third-order valence-electron chi connectivity index (χ3n) is 3.11. The minimum atomic E-state index is 0. The van der Waals surface area contributed by atoms with Crippen LogP contribution < -0.4 is 10.1 Å². The van der Waals surface area contributed by atoms with E-state index < -0.39 is 0 Å². The number of aromatic nitrogens is 1. The molecule has 3 nitrogen and oxygen atoms in total. The van der Waals surface area contributed by atoms with E-state index in [2.05, 4.69) is 10.3 Å². The first kappa shape index (κ1) is 12.0. The highest BCUT2D eigenvalue weighted by Crippen LogP contribution is 2.40. The van der Waals surface area contributed by atoms with Crippen molar-refractivity contribution in [1.29, 1.82) is 0 Å². The largest absolute Gasteiger partial charge is 0.490 e. The Labute approximate surface area is 106 Å². The number of ether oxygens (including phenoxy) is 1. The predicted octanol–water partition coefficient (Wildman–Crippen LogP) is 2.29. The van der Waals surface area contributed by atoms with Crippen LogP contribution in [0.4, 0.5) is 0 Å². The summed E-state index contributed by atoms with van der Waals surface area (Å²) in [4.78, 5) is 3.97. The Morgan fingerprint density at radius 3 is 2.94 bits per heavy atom. The zero-order chi connectivity index (χ0) is 10.3. The second-order valence-electron chi connectivity index (χ2n) is 4.33. The lowest BCUT2D eigenvalue weighted by molar-refractivity contribution is 0.267. The molecule has 2 fully saturated rings. The van der Waals surface area contributed by atoms with Crippen LogP contribution in [0.25, 0.3) is 0 Å². The summed E-state index contributed by atoms with van der Waals surface area (Å²) in [5.41, 5.74) is 0. The van der Waals surface area contributed by atoms with Crippen molar-refractivity contribution < 1.29 is 4.74 Å². The number of nitrogens with zero attached hydrogens (tertiary/aromatic N) is 1. The molecule has 2 aliphatic rings. The summed E-state index contributed by atoms with van der Waals surface area (Å²) in [6.45, 7) is 0.732. The van der Waals surface area contributed by atoms with E-state index in [4.69, 9.17) is 16.3 Å². The van der Waals surface area contributed by atoms with E-state index in [9.17, 15) is 0 Å². The average Bonchev–Trinajstić information content (AvgIpc) is 2.86. The van der Waals surface area contributed by atoms with E-state index >= 15 is 0 Å². The van der Waals surface area contributed by atoms with Crippen molar-refractivity contribution in [3.63, 3.8) is 0 Å². The molecule has 0 spiro atoms. The van der Waals surface area contributed by atoms with Gasteiger partial charge in [0.15, 0.2) is 0 Å². The molecule has 1 saturated carbocycles. The van der Waals surface area contributed by atoms with Crippen molar-refractivity contribution in [2.45, 2.75) is 24.9 Å². The van der Waals surface area contributed by atoms with Gasteiger partial charge >= 0.3 is 0 Å². The Bertz CT molecular complexity index is 348. The van der Waals surface area contributed by atoms with E-state index in [-0.39, 0.29) is 12.4 Å². The summed E-state index contributed by atoms with van der Waals surface area (Å²) in [5.74, 6) is 1.71. The second kappa shape index (κ2) is 4.78. The molecule has 1 aromatic heterocycles. The van der Waals surface area contributed by atoms with E-state index in [1.165, 1.54) is 12.8 Å². The molecule has 1 saturated heterocycles. The Hall–Kier alpha value is -0.510. The van der Waals surface area contributed by atoms with Crippen LogP contribution in [-0.4, -0.2) is 23.7 Å². The predicted molar refractivity (Wildman–Crippen MR) is 65.4 cm³/mol. The number of piperidine rings is 1. The number of nitrogens with one attached hydrogen (secondary N) is 1. The van der Waals surface area contributed by atoms with Gasteiger partial charge < -0.3 is 10.1 Å². The fraction of sp³-hybridized carbons (Fsp3) is 0.545. The molecule has 3 rings (SSSR count). The van der Waals surface area contributed by atoms with Crippen LogP contribution in [0.15, 0.2) is 18.3 Å². The van der Waals surface area contributed by atoms with Crippen molar-refractivity contribution in [2.75, 3.05) is 6.61 Å². The van der Waals surface area contributed by atoms with Gasteiger partial charge in [0.05, 0.1) is 6.20 Å². The van der Waals surface area contributed by atoms with Gasteiger partial charge in [-0.25, -0.2) is 4.98 Å². The summed E-state index contributed by atoms with van der Waals surface area (Å²) in [5, 5.41) is 4.04. The van der Waals surface area contributed by atoms with Gasteiger partial charge in [0.2, 0.25) is 0 Å². The van der Waals surface area contributed by atoms with Crippen LogP contribution in [0.1, 0.15) is 12.8 Å². The smallest absolute Gasteiger partial charge is 0.137 e. The van der Waals surface area contributed by atoms with E-state index in [0.717, 1.165) is 24.3 Å². The zero-order valence-corrected chi connectivity index (χ0v) is 10.3. The maximum atomic E-state index is 5.68. The maximum Gasteiger partial charge on any atom is 0.137 e. The number of hydrogen-bond donors (Lipinski definition) is 1. The molecule has 1 aromatic rings. The molecule has 1 N–H and O–H groups in total. The van der Waals surface area contributed by atoms with Crippen molar-refractivity contribution in [2.24, 2.45) is 5.92 Å². The molecule has 0 amide bonds. The zero-order valence-electron chi connectivity index (χ0n) is 8.73. The Balaban J connectivity index is 0.000000963. The molecule has 88 valence electrons. The Kier molecular flexibility index (Phi) is 3.57. The fourth-order valence-electron chi connectivity index (χ4n) is 2.21. The molecule has 2 heterocycles. The van der Waals surface area contributed by atoms with Gasteiger partial charge in [-0.2, -0.15) is 0 Å². The third-order valence-corrected chi connectivity index (χ3v) is 3.33. The molecule has 0 radical (unpaired) electrons. The highest BCUT2D eigenvalue weighted by molar-refractivity contribution is 6.29. The summed E-state index contributed by atoms with van der Waals surface area (Å²) < 4.78 is 5.63. The van der Waals surface area contributed by atoms with Crippen molar-refractivity contribution in [1.82, 2.24) is 10.3 Å².